The smallest absolute Gasteiger partial charge is 0.225 e. The summed E-state index contributed by atoms with van der Waals surface area (Å²) >= 11 is 0. The predicted octanol–water partition coefficient (Wildman–Crippen LogP) is 4.68. The highest BCUT2D eigenvalue weighted by Crippen LogP contribution is 2.42. The minimum Gasteiger partial charge on any atom is -0.338 e. The molecule has 28 heavy (non-hydrogen) atoms. The van der Waals surface area contributed by atoms with Crippen LogP contribution in [0, 0.1) is 23.6 Å². The molecule has 0 radical (unpaired) electrons. The van der Waals surface area contributed by atoms with Crippen molar-refractivity contribution < 1.29 is 9.18 Å². The maximum atomic E-state index is 13.5. The molecular weight excluding hydrogens is 351 g/mol. The van der Waals surface area contributed by atoms with Crippen LogP contribution in [0.3, 0.4) is 0 Å². The number of halogens is 1. The first-order valence-corrected chi connectivity index (χ1v) is 11.3. The molecule has 1 saturated carbocycles. The Kier molecular flexibility index (Phi) is 6.05. The third kappa shape index (κ3) is 4.12. The van der Waals surface area contributed by atoms with Gasteiger partial charge in [-0.15, -0.1) is 0 Å². The van der Waals surface area contributed by atoms with Crippen molar-refractivity contribution in [1.29, 1.82) is 0 Å². The summed E-state index contributed by atoms with van der Waals surface area (Å²) in [5, 5.41) is 0. The number of benzene rings is 1. The molecule has 0 bridgehead atoms. The molecule has 2 aliphatic heterocycles. The van der Waals surface area contributed by atoms with Gasteiger partial charge in [-0.1, -0.05) is 45.2 Å². The van der Waals surface area contributed by atoms with Crippen molar-refractivity contribution in [2.45, 2.75) is 64.3 Å². The molecule has 1 aliphatic carbocycles. The number of carbonyl (C=O) groups excluding carboxylic acids is 1. The fourth-order valence-electron chi connectivity index (χ4n) is 5.85. The number of likely N-dealkylation sites (tertiary alicyclic amines) is 2. The van der Waals surface area contributed by atoms with Gasteiger partial charge < -0.3 is 9.80 Å². The topological polar surface area (TPSA) is 23.6 Å². The summed E-state index contributed by atoms with van der Waals surface area (Å²) in [6.45, 7) is 8.19. The average Bonchev–Trinajstić information content (AvgIpc) is 3.07. The second kappa shape index (κ2) is 8.52. The Balaban J connectivity index is 1.52. The minimum atomic E-state index is -0.184. The average molecular weight is 387 g/mol. The molecule has 0 N–H and O–H groups in total. The predicted molar refractivity (Wildman–Crippen MR) is 111 cm³/mol. The number of hydrogen-bond donors (Lipinski definition) is 0. The molecule has 4 rings (SSSR count). The summed E-state index contributed by atoms with van der Waals surface area (Å²) in [6.07, 6.45) is 8.01. The van der Waals surface area contributed by atoms with Crippen LogP contribution in [0.5, 0.6) is 0 Å². The Morgan fingerprint density at radius 2 is 1.79 bits per heavy atom. The summed E-state index contributed by atoms with van der Waals surface area (Å²) in [4.78, 5) is 17.7. The van der Waals surface area contributed by atoms with Gasteiger partial charge in [-0.3, -0.25) is 4.79 Å². The lowest BCUT2D eigenvalue weighted by Gasteiger charge is -2.41. The van der Waals surface area contributed by atoms with Gasteiger partial charge in [0.15, 0.2) is 0 Å². The van der Waals surface area contributed by atoms with E-state index >= 15 is 0 Å². The maximum Gasteiger partial charge on any atom is 0.225 e. The van der Waals surface area contributed by atoms with E-state index in [1.807, 2.05) is 26.0 Å². The standard InChI is InChI=1S/C24H35FN2O/c1-17(2)24(28)27-16-21(19-8-10-20(25)11-9-19)22-15-26(13-12-23(22)27)14-18-6-4-3-5-7-18/h8-11,17-18,21-23H,3-7,12-16H2,1-2H3/t21-,22-,23-/m1/s1. The molecule has 3 atom stereocenters. The quantitative estimate of drug-likeness (QED) is 0.750. The Morgan fingerprint density at radius 3 is 2.46 bits per heavy atom. The van der Waals surface area contributed by atoms with Crippen molar-refractivity contribution in [2.75, 3.05) is 26.2 Å². The normalized spacial score (nSPS) is 29.3. The van der Waals surface area contributed by atoms with Gasteiger partial charge in [0.05, 0.1) is 0 Å². The van der Waals surface area contributed by atoms with Gasteiger partial charge in [-0.2, -0.15) is 0 Å². The van der Waals surface area contributed by atoms with E-state index in [0.717, 1.165) is 32.0 Å². The van der Waals surface area contributed by atoms with Gasteiger partial charge >= 0.3 is 0 Å². The SMILES string of the molecule is CC(C)C(=O)N1C[C@H](c2ccc(F)cc2)[C@H]2CN(CC3CCCCC3)CC[C@H]21. The first-order chi connectivity index (χ1) is 13.5. The lowest BCUT2D eigenvalue weighted by atomic mass is 9.81. The molecular formula is C24H35FN2O. The first-order valence-electron chi connectivity index (χ1n) is 11.3. The van der Waals surface area contributed by atoms with E-state index in [4.69, 9.17) is 0 Å². The van der Waals surface area contributed by atoms with Crippen LogP contribution in [-0.4, -0.2) is 47.9 Å². The molecule has 154 valence electrons. The third-order valence-corrected chi connectivity index (χ3v) is 7.33. The number of carbonyl (C=O) groups is 1. The lowest BCUT2D eigenvalue weighted by Crippen LogP contribution is -2.49. The highest BCUT2D eigenvalue weighted by atomic mass is 19.1. The second-order valence-corrected chi connectivity index (χ2v) is 9.59. The van der Waals surface area contributed by atoms with Gasteiger partial charge in [0.1, 0.15) is 5.82 Å². The highest BCUT2D eigenvalue weighted by Gasteiger charge is 2.47. The zero-order valence-corrected chi connectivity index (χ0v) is 17.4. The number of fused-ring (bicyclic) bond motifs is 1. The van der Waals surface area contributed by atoms with Gasteiger partial charge in [-0.05, 0) is 42.9 Å². The molecule has 1 aromatic carbocycles. The minimum absolute atomic E-state index is 0.0351. The summed E-state index contributed by atoms with van der Waals surface area (Å²) in [5.74, 6) is 1.77. The number of hydrogen-bond acceptors (Lipinski definition) is 2. The van der Waals surface area contributed by atoms with Crippen molar-refractivity contribution in [1.82, 2.24) is 9.80 Å². The van der Waals surface area contributed by atoms with Gasteiger partial charge in [0.2, 0.25) is 5.91 Å². The van der Waals surface area contributed by atoms with Crippen molar-refractivity contribution in [3.63, 3.8) is 0 Å². The Hall–Kier alpha value is -1.42. The largest absolute Gasteiger partial charge is 0.338 e. The van der Waals surface area contributed by atoms with E-state index in [2.05, 4.69) is 9.80 Å². The molecule has 0 aromatic heterocycles. The summed E-state index contributed by atoms with van der Waals surface area (Å²) in [6, 6.07) is 7.34. The molecule has 3 aliphatic rings. The number of piperidine rings is 1. The number of rotatable bonds is 4. The van der Waals surface area contributed by atoms with E-state index in [1.165, 1.54) is 44.2 Å². The highest BCUT2D eigenvalue weighted by molar-refractivity contribution is 5.79. The van der Waals surface area contributed by atoms with Crippen LogP contribution in [0.25, 0.3) is 0 Å². The molecule has 0 unspecified atom stereocenters. The molecule has 2 saturated heterocycles. The van der Waals surface area contributed by atoms with Crippen LogP contribution in [-0.2, 0) is 4.79 Å². The van der Waals surface area contributed by atoms with Crippen LogP contribution < -0.4 is 0 Å². The molecule has 3 fully saturated rings. The molecule has 1 aromatic rings. The van der Waals surface area contributed by atoms with Crippen LogP contribution in [0.1, 0.15) is 63.9 Å². The summed E-state index contributed by atoms with van der Waals surface area (Å²) in [5.41, 5.74) is 1.19. The van der Waals surface area contributed by atoms with Gasteiger partial charge in [-0.25, -0.2) is 4.39 Å². The maximum absolute atomic E-state index is 13.5. The molecule has 3 nitrogen and oxygen atoms in total. The van der Waals surface area contributed by atoms with Crippen molar-refractivity contribution >= 4 is 5.91 Å². The van der Waals surface area contributed by atoms with E-state index in [1.54, 1.807) is 12.1 Å². The van der Waals surface area contributed by atoms with Crippen molar-refractivity contribution in [2.24, 2.45) is 17.8 Å². The Labute approximate surface area is 169 Å². The fraction of sp³-hybridized carbons (Fsp3) is 0.708. The van der Waals surface area contributed by atoms with Gasteiger partial charge in [0.25, 0.3) is 0 Å². The van der Waals surface area contributed by atoms with Gasteiger partial charge in [0, 0.05) is 50.0 Å². The Bertz CT molecular complexity index is 668. The van der Waals surface area contributed by atoms with E-state index in [0.29, 0.717) is 17.9 Å². The lowest BCUT2D eigenvalue weighted by molar-refractivity contribution is -0.136. The van der Waals surface area contributed by atoms with E-state index < -0.39 is 0 Å². The number of amides is 1. The van der Waals surface area contributed by atoms with Crippen molar-refractivity contribution in [3.8, 4) is 0 Å². The molecule has 1 amide bonds. The summed E-state index contributed by atoms with van der Waals surface area (Å²) < 4.78 is 13.5. The third-order valence-electron chi connectivity index (χ3n) is 7.33. The van der Waals surface area contributed by atoms with Crippen LogP contribution in [0.2, 0.25) is 0 Å². The van der Waals surface area contributed by atoms with Crippen LogP contribution in [0.4, 0.5) is 4.39 Å². The van der Waals surface area contributed by atoms with Crippen LogP contribution >= 0.6 is 0 Å². The zero-order valence-electron chi connectivity index (χ0n) is 17.4. The monoisotopic (exact) mass is 386 g/mol. The fourth-order valence-corrected chi connectivity index (χ4v) is 5.85. The first kappa shape index (κ1) is 19.9. The number of nitrogens with zero attached hydrogens (tertiary/aromatic N) is 2. The van der Waals surface area contributed by atoms with E-state index in [9.17, 15) is 9.18 Å². The van der Waals surface area contributed by atoms with E-state index in [-0.39, 0.29) is 17.6 Å². The summed E-state index contributed by atoms with van der Waals surface area (Å²) in [7, 11) is 0. The van der Waals surface area contributed by atoms with Crippen molar-refractivity contribution in [3.05, 3.63) is 35.6 Å². The molecule has 0 spiro atoms. The zero-order chi connectivity index (χ0) is 19.7. The van der Waals surface area contributed by atoms with Crippen LogP contribution in [0.15, 0.2) is 24.3 Å². The molecule has 2 heterocycles. The second-order valence-electron chi connectivity index (χ2n) is 9.59. The molecule has 4 heteroatoms. The Morgan fingerprint density at radius 1 is 1.07 bits per heavy atom.